The maximum atomic E-state index is 5.51. The molecule has 0 fully saturated rings. The number of nitrogens with two attached hydrogens (primary N) is 1. The van der Waals surface area contributed by atoms with Gasteiger partial charge in [0.05, 0.1) is 6.54 Å². The second-order valence-electron chi connectivity index (χ2n) is 3.78. The molecule has 6 nitrogen and oxygen atoms in total. The molecule has 0 aliphatic carbocycles. The number of ether oxygens (including phenoxy) is 2. The van der Waals surface area contributed by atoms with Gasteiger partial charge in [-0.15, -0.1) is 5.10 Å². The third kappa shape index (κ3) is 2.01. The Morgan fingerprint density at radius 2 is 2.06 bits per heavy atom. The summed E-state index contributed by atoms with van der Waals surface area (Å²) in [6, 6.07) is 5.84. The van der Waals surface area contributed by atoms with Crippen molar-refractivity contribution in [3.05, 3.63) is 30.1 Å². The van der Waals surface area contributed by atoms with Crippen LogP contribution in [-0.4, -0.2) is 28.0 Å². The van der Waals surface area contributed by atoms with E-state index < -0.39 is 0 Å². The van der Waals surface area contributed by atoms with Crippen molar-refractivity contribution in [2.75, 3.05) is 18.9 Å². The Morgan fingerprint density at radius 3 is 2.82 bits per heavy atom. The first kappa shape index (κ1) is 9.95. The Balaban J connectivity index is 1.84. The van der Waals surface area contributed by atoms with Gasteiger partial charge in [0.15, 0.2) is 11.5 Å². The van der Waals surface area contributed by atoms with Crippen molar-refractivity contribution in [1.29, 1.82) is 0 Å². The van der Waals surface area contributed by atoms with E-state index in [0.717, 1.165) is 17.1 Å². The molecule has 1 aliphatic heterocycles. The van der Waals surface area contributed by atoms with E-state index in [1.807, 2.05) is 18.2 Å². The van der Waals surface area contributed by atoms with E-state index in [9.17, 15) is 0 Å². The van der Waals surface area contributed by atoms with Gasteiger partial charge in [0.2, 0.25) is 5.95 Å². The van der Waals surface area contributed by atoms with Crippen LogP contribution in [0.3, 0.4) is 0 Å². The number of rotatable bonds is 2. The van der Waals surface area contributed by atoms with Crippen molar-refractivity contribution in [2.45, 2.75) is 6.54 Å². The van der Waals surface area contributed by atoms with E-state index in [1.54, 1.807) is 11.0 Å². The second-order valence-corrected chi connectivity index (χ2v) is 3.78. The molecule has 0 bridgehead atoms. The second kappa shape index (κ2) is 3.97. The molecular formula is C11H12N4O2. The lowest BCUT2D eigenvalue weighted by Crippen LogP contribution is -2.15. The van der Waals surface area contributed by atoms with Crippen molar-refractivity contribution in [3.8, 4) is 11.5 Å². The third-order valence-corrected chi connectivity index (χ3v) is 2.51. The number of fused-ring (bicyclic) bond motifs is 1. The van der Waals surface area contributed by atoms with E-state index in [0.29, 0.717) is 19.8 Å². The summed E-state index contributed by atoms with van der Waals surface area (Å²) in [4.78, 5) is 3.87. The van der Waals surface area contributed by atoms with Gasteiger partial charge in [0.1, 0.15) is 19.5 Å². The fourth-order valence-electron chi connectivity index (χ4n) is 1.76. The summed E-state index contributed by atoms with van der Waals surface area (Å²) in [7, 11) is 0. The quantitative estimate of drug-likeness (QED) is 0.824. The topological polar surface area (TPSA) is 75.2 Å². The van der Waals surface area contributed by atoms with Gasteiger partial charge >= 0.3 is 0 Å². The number of anilines is 1. The molecule has 0 saturated carbocycles. The number of aromatic nitrogens is 3. The van der Waals surface area contributed by atoms with Gasteiger partial charge in [-0.25, -0.2) is 9.67 Å². The number of nitrogen functional groups attached to an aromatic ring is 1. The van der Waals surface area contributed by atoms with Gasteiger partial charge in [-0.3, -0.25) is 0 Å². The molecule has 2 heterocycles. The maximum Gasteiger partial charge on any atom is 0.239 e. The average molecular weight is 232 g/mol. The molecule has 0 unspecified atom stereocenters. The van der Waals surface area contributed by atoms with Gasteiger partial charge in [-0.1, -0.05) is 6.07 Å². The number of hydrogen-bond donors (Lipinski definition) is 1. The van der Waals surface area contributed by atoms with Crippen LogP contribution in [0.4, 0.5) is 5.95 Å². The van der Waals surface area contributed by atoms with Crippen LogP contribution >= 0.6 is 0 Å². The van der Waals surface area contributed by atoms with E-state index in [-0.39, 0.29) is 5.95 Å². The SMILES string of the molecule is Nc1ncn(Cc2ccc3c(c2)OCCO3)n1. The van der Waals surface area contributed by atoms with Crippen molar-refractivity contribution in [3.63, 3.8) is 0 Å². The van der Waals surface area contributed by atoms with Crippen LogP contribution in [0, 0.1) is 0 Å². The summed E-state index contributed by atoms with van der Waals surface area (Å²) in [6.07, 6.45) is 1.60. The molecule has 2 N–H and O–H groups in total. The molecule has 1 aromatic carbocycles. The van der Waals surface area contributed by atoms with E-state index >= 15 is 0 Å². The monoisotopic (exact) mass is 232 g/mol. The zero-order valence-corrected chi connectivity index (χ0v) is 9.17. The first-order chi connectivity index (χ1) is 8.31. The van der Waals surface area contributed by atoms with Crippen LogP contribution in [0.15, 0.2) is 24.5 Å². The van der Waals surface area contributed by atoms with E-state index in [2.05, 4.69) is 10.1 Å². The van der Waals surface area contributed by atoms with Crippen molar-refractivity contribution in [1.82, 2.24) is 14.8 Å². The zero-order valence-electron chi connectivity index (χ0n) is 9.17. The Kier molecular flexibility index (Phi) is 2.32. The van der Waals surface area contributed by atoms with Crippen LogP contribution in [0.25, 0.3) is 0 Å². The lowest BCUT2D eigenvalue weighted by molar-refractivity contribution is 0.171. The van der Waals surface area contributed by atoms with Gasteiger partial charge in [-0.05, 0) is 17.7 Å². The van der Waals surface area contributed by atoms with E-state index in [4.69, 9.17) is 15.2 Å². The minimum atomic E-state index is 0.280. The molecule has 17 heavy (non-hydrogen) atoms. The summed E-state index contributed by atoms with van der Waals surface area (Å²) in [5.74, 6) is 1.85. The van der Waals surface area contributed by atoms with Gasteiger partial charge < -0.3 is 15.2 Å². The molecule has 0 atom stereocenters. The summed E-state index contributed by atoms with van der Waals surface area (Å²) < 4.78 is 12.6. The molecule has 1 aromatic heterocycles. The lowest BCUT2D eigenvalue weighted by atomic mass is 10.2. The summed E-state index contributed by atoms with van der Waals surface area (Å²) in [5, 5.41) is 4.03. The van der Waals surface area contributed by atoms with Crippen LogP contribution in [0.2, 0.25) is 0 Å². The van der Waals surface area contributed by atoms with Gasteiger partial charge in [0, 0.05) is 0 Å². The highest BCUT2D eigenvalue weighted by atomic mass is 16.6. The van der Waals surface area contributed by atoms with Gasteiger partial charge in [-0.2, -0.15) is 0 Å². The summed E-state index contributed by atoms with van der Waals surface area (Å²) in [5.41, 5.74) is 6.52. The molecular weight excluding hydrogens is 220 g/mol. The maximum absolute atomic E-state index is 5.51. The van der Waals surface area contributed by atoms with Crippen molar-refractivity contribution in [2.24, 2.45) is 0 Å². The minimum Gasteiger partial charge on any atom is -0.486 e. The highest BCUT2D eigenvalue weighted by molar-refractivity contribution is 5.43. The van der Waals surface area contributed by atoms with Crippen molar-refractivity contribution >= 4 is 5.95 Å². The fraction of sp³-hybridized carbons (Fsp3) is 0.273. The summed E-state index contributed by atoms with van der Waals surface area (Å²) >= 11 is 0. The summed E-state index contributed by atoms with van der Waals surface area (Å²) in [6.45, 7) is 1.81. The number of hydrogen-bond acceptors (Lipinski definition) is 5. The normalized spacial score (nSPS) is 13.6. The molecule has 0 saturated heterocycles. The lowest BCUT2D eigenvalue weighted by Gasteiger charge is -2.18. The number of benzene rings is 1. The van der Waals surface area contributed by atoms with E-state index in [1.165, 1.54) is 0 Å². The first-order valence-electron chi connectivity index (χ1n) is 5.35. The highest BCUT2D eigenvalue weighted by Crippen LogP contribution is 2.30. The smallest absolute Gasteiger partial charge is 0.239 e. The third-order valence-electron chi connectivity index (χ3n) is 2.51. The number of nitrogens with zero attached hydrogens (tertiary/aromatic N) is 3. The predicted molar refractivity (Wildman–Crippen MR) is 61.0 cm³/mol. The molecule has 1 aliphatic rings. The van der Waals surface area contributed by atoms with Crippen molar-refractivity contribution < 1.29 is 9.47 Å². The Labute approximate surface area is 98.0 Å². The molecule has 0 amide bonds. The molecule has 0 radical (unpaired) electrons. The molecule has 3 rings (SSSR count). The Hall–Kier alpha value is -2.24. The molecule has 88 valence electrons. The fourth-order valence-corrected chi connectivity index (χ4v) is 1.76. The Bertz CT molecular complexity index is 538. The predicted octanol–water partition coefficient (Wildman–Crippen LogP) is 0.680. The molecule has 2 aromatic rings. The standard InChI is InChI=1S/C11H12N4O2/c12-11-13-7-15(14-11)6-8-1-2-9-10(5-8)17-4-3-16-9/h1-2,5,7H,3-4,6H2,(H2,12,14). The van der Waals surface area contributed by atoms with Crippen LogP contribution in [-0.2, 0) is 6.54 Å². The molecule has 0 spiro atoms. The minimum absolute atomic E-state index is 0.280. The largest absolute Gasteiger partial charge is 0.486 e. The average Bonchev–Trinajstić information content (AvgIpc) is 2.75. The van der Waals surface area contributed by atoms with Gasteiger partial charge in [0.25, 0.3) is 0 Å². The van der Waals surface area contributed by atoms with Crippen LogP contribution in [0.5, 0.6) is 11.5 Å². The zero-order chi connectivity index (χ0) is 11.7. The highest BCUT2D eigenvalue weighted by Gasteiger charge is 2.11. The Morgan fingerprint density at radius 1 is 1.24 bits per heavy atom. The van der Waals surface area contributed by atoms with Crippen LogP contribution < -0.4 is 15.2 Å². The molecule has 6 heteroatoms. The first-order valence-corrected chi connectivity index (χ1v) is 5.35. The van der Waals surface area contributed by atoms with Crippen LogP contribution in [0.1, 0.15) is 5.56 Å².